The van der Waals surface area contributed by atoms with Crippen LogP contribution in [0.1, 0.15) is 5.56 Å². The average molecular weight is 205 g/mol. The standard InChI is InChI=1S/C9H5ClN4/c10-8-5-13-14(6-8)9-7(4-11)2-1-3-12-9/h1-3,5-6H. The molecule has 0 saturated heterocycles. The van der Waals surface area contributed by atoms with Crippen molar-refractivity contribution in [3.63, 3.8) is 0 Å². The second kappa shape index (κ2) is 3.48. The molecule has 0 amide bonds. The summed E-state index contributed by atoms with van der Waals surface area (Å²) in [6, 6.07) is 5.42. The number of halogens is 1. The molecule has 68 valence electrons. The van der Waals surface area contributed by atoms with Crippen molar-refractivity contribution < 1.29 is 0 Å². The van der Waals surface area contributed by atoms with Crippen molar-refractivity contribution in [1.29, 1.82) is 5.26 Å². The molecule has 0 saturated carbocycles. The quantitative estimate of drug-likeness (QED) is 0.712. The summed E-state index contributed by atoms with van der Waals surface area (Å²) in [4.78, 5) is 4.05. The number of aromatic nitrogens is 3. The lowest BCUT2D eigenvalue weighted by Gasteiger charge is -2.00. The molecule has 2 aromatic rings. The molecule has 0 aliphatic rings. The fourth-order valence-electron chi connectivity index (χ4n) is 1.08. The third-order valence-corrected chi connectivity index (χ3v) is 1.87. The normalized spacial score (nSPS) is 9.71. The highest BCUT2D eigenvalue weighted by atomic mass is 35.5. The highest BCUT2D eigenvalue weighted by Crippen LogP contribution is 2.12. The summed E-state index contributed by atoms with van der Waals surface area (Å²) < 4.78 is 1.47. The zero-order valence-corrected chi connectivity index (χ0v) is 7.81. The van der Waals surface area contributed by atoms with Crippen molar-refractivity contribution in [2.45, 2.75) is 0 Å². The van der Waals surface area contributed by atoms with Gasteiger partial charge in [0, 0.05) is 6.20 Å². The molecule has 0 unspecified atom stereocenters. The molecule has 2 aromatic heterocycles. The number of pyridine rings is 1. The fraction of sp³-hybridized carbons (Fsp3) is 0. The lowest BCUT2D eigenvalue weighted by molar-refractivity contribution is 0.843. The molecule has 2 rings (SSSR count). The van der Waals surface area contributed by atoms with Gasteiger partial charge >= 0.3 is 0 Å². The molecule has 2 heterocycles. The van der Waals surface area contributed by atoms with Crippen LogP contribution in [-0.4, -0.2) is 14.8 Å². The van der Waals surface area contributed by atoms with Crippen molar-refractivity contribution in [3.8, 4) is 11.9 Å². The molecule has 5 heteroatoms. The van der Waals surface area contributed by atoms with E-state index in [4.69, 9.17) is 16.9 Å². The van der Waals surface area contributed by atoms with E-state index in [-0.39, 0.29) is 0 Å². The van der Waals surface area contributed by atoms with Crippen LogP contribution >= 0.6 is 11.6 Å². The van der Waals surface area contributed by atoms with Gasteiger partial charge in [-0.25, -0.2) is 9.67 Å². The Labute approximate surface area is 85.4 Å². The first kappa shape index (κ1) is 8.73. The van der Waals surface area contributed by atoms with Crippen molar-refractivity contribution in [2.75, 3.05) is 0 Å². The second-order valence-electron chi connectivity index (χ2n) is 2.59. The number of hydrogen-bond donors (Lipinski definition) is 0. The number of nitriles is 1. The summed E-state index contributed by atoms with van der Waals surface area (Å²) in [6.45, 7) is 0. The van der Waals surface area contributed by atoms with E-state index in [1.807, 2.05) is 6.07 Å². The first-order chi connectivity index (χ1) is 6.81. The molecule has 0 aliphatic carbocycles. The van der Waals surface area contributed by atoms with Crippen LogP contribution in [0.4, 0.5) is 0 Å². The zero-order valence-electron chi connectivity index (χ0n) is 7.05. The van der Waals surface area contributed by atoms with Gasteiger partial charge < -0.3 is 0 Å². The van der Waals surface area contributed by atoms with E-state index in [0.717, 1.165) is 0 Å². The Morgan fingerprint density at radius 2 is 2.36 bits per heavy atom. The second-order valence-corrected chi connectivity index (χ2v) is 3.03. The Morgan fingerprint density at radius 3 is 3.00 bits per heavy atom. The first-order valence-corrected chi connectivity index (χ1v) is 4.25. The molecule has 0 bridgehead atoms. The van der Waals surface area contributed by atoms with Crippen molar-refractivity contribution >= 4 is 11.6 Å². The third-order valence-electron chi connectivity index (χ3n) is 1.68. The number of rotatable bonds is 1. The molecule has 0 N–H and O–H groups in total. The summed E-state index contributed by atoms with van der Waals surface area (Å²) in [7, 11) is 0. The number of hydrogen-bond acceptors (Lipinski definition) is 3. The van der Waals surface area contributed by atoms with Gasteiger partial charge in [-0.1, -0.05) is 11.6 Å². The average Bonchev–Trinajstić information content (AvgIpc) is 2.65. The Balaban J connectivity index is 2.57. The van der Waals surface area contributed by atoms with Crippen LogP contribution in [0.15, 0.2) is 30.7 Å². The molecule has 4 nitrogen and oxygen atoms in total. The molecule has 0 radical (unpaired) electrons. The van der Waals surface area contributed by atoms with Gasteiger partial charge in [-0.05, 0) is 12.1 Å². The lowest BCUT2D eigenvalue weighted by atomic mass is 10.3. The van der Waals surface area contributed by atoms with Crippen LogP contribution < -0.4 is 0 Å². The maximum atomic E-state index is 8.82. The molecule has 0 aliphatic heterocycles. The van der Waals surface area contributed by atoms with E-state index in [2.05, 4.69) is 10.1 Å². The summed E-state index contributed by atoms with van der Waals surface area (Å²) >= 11 is 5.71. The molecular formula is C9H5ClN4. The molecule has 0 spiro atoms. The SMILES string of the molecule is N#Cc1cccnc1-n1cc(Cl)cn1. The van der Waals surface area contributed by atoms with E-state index < -0.39 is 0 Å². The van der Waals surface area contributed by atoms with E-state index in [1.54, 1.807) is 24.5 Å². The van der Waals surface area contributed by atoms with Crippen LogP contribution in [0.2, 0.25) is 5.02 Å². The van der Waals surface area contributed by atoms with Crippen molar-refractivity contribution in [2.24, 2.45) is 0 Å². The van der Waals surface area contributed by atoms with E-state index >= 15 is 0 Å². The predicted molar refractivity (Wildman–Crippen MR) is 51.1 cm³/mol. The third kappa shape index (κ3) is 1.45. The topological polar surface area (TPSA) is 54.5 Å². The first-order valence-electron chi connectivity index (χ1n) is 3.87. The maximum Gasteiger partial charge on any atom is 0.171 e. The zero-order chi connectivity index (χ0) is 9.97. The molecular weight excluding hydrogens is 200 g/mol. The van der Waals surface area contributed by atoms with E-state index in [0.29, 0.717) is 16.4 Å². The minimum Gasteiger partial charge on any atom is -0.236 e. The Bertz CT molecular complexity index is 498. The summed E-state index contributed by atoms with van der Waals surface area (Å²) in [5, 5.41) is 13.3. The van der Waals surface area contributed by atoms with Gasteiger partial charge in [0.25, 0.3) is 0 Å². The molecule has 0 aromatic carbocycles. The summed E-state index contributed by atoms with van der Waals surface area (Å²) in [5.74, 6) is 0.488. The highest BCUT2D eigenvalue weighted by molar-refractivity contribution is 6.30. The summed E-state index contributed by atoms with van der Waals surface area (Å²) in [5.41, 5.74) is 0.465. The van der Waals surface area contributed by atoms with Crippen molar-refractivity contribution in [3.05, 3.63) is 41.3 Å². The van der Waals surface area contributed by atoms with Gasteiger partial charge in [-0.3, -0.25) is 0 Å². The van der Waals surface area contributed by atoms with E-state index in [9.17, 15) is 0 Å². The van der Waals surface area contributed by atoms with Gasteiger partial charge in [0.15, 0.2) is 5.82 Å². The van der Waals surface area contributed by atoms with Gasteiger partial charge in [0.05, 0.1) is 23.0 Å². The van der Waals surface area contributed by atoms with Crippen molar-refractivity contribution in [1.82, 2.24) is 14.8 Å². The highest BCUT2D eigenvalue weighted by Gasteiger charge is 2.05. The minimum atomic E-state index is 0.465. The van der Waals surface area contributed by atoms with Gasteiger partial charge in [0.2, 0.25) is 0 Å². The Kier molecular flexibility index (Phi) is 2.17. The number of nitrogens with zero attached hydrogens (tertiary/aromatic N) is 4. The van der Waals surface area contributed by atoms with Crippen LogP contribution in [0.25, 0.3) is 5.82 Å². The molecule has 0 atom stereocenters. The van der Waals surface area contributed by atoms with Crippen LogP contribution in [0, 0.1) is 11.3 Å². The predicted octanol–water partition coefficient (Wildman–Crippen LogP) is 1.79. The van der Waals surface area contributed by atoms with E-state index in [1.165, 1.54) is 10.9 Å². The van der Waals surface area contributed by atoms with Gasteiger partial charge in [-0.15, -0.1) is 0 Å². The maximum absolute atomic E-state index is 8.82. The fourth-order valence-corrected chi connectivity index (χ4v) is 1.22. The smallest absolute Gasteiger partial charge is 0.171 e. The lowest BCUT2D eigenvalue weighted by Crippen LogP contribution is -2.00. The Hall–Kier alpha value is -1.86. The van der Waals surface area contributed by atoms with Crippen LogP contribution in [-0.2, 0) is 0 Å². The van der Waals surface area contributed by atoms with Crippen LogP contribution in [0.5, 0.6) is 0 Å². The van der Waals surface area contributed by atoms with Gasteiger partial charge in [0.1, 0.15) is 6.07 Å². The summed E-state index contributed by atoms with van der Waals surface area (Å²) in [6.07, 6.45) is 4.70. The largest absolute Gasteiger partial charge is 0.236 e. The minimum absolute atomic E-state index is 0.465. The van der Waals surface area contributed by atoms with Gasteiger partial charge in [-0.2, -0.15) is 10.4 Å². The Morgan fingerprint density at radius 1 is 1.50 bits per heavy atom. The molecule has 14 heavy (non-hydrogen) atoms. The molecule has 0 fully saturated rings. The van der Waals surface area contributed by atoms with Crippen LogP contribution in [0.3, 0.4) is 0 Å². The monoisotopic (exact) mass is 204 g/mol.